The van der Waals surface area contributed by atoms with Gasteiger partial charge < -0.3 is 10.6 Å². The fourth-order valence-corrected chi connectivity index (χ4v) is 1.97. The maximum Gasteiger partial charge on any atom is 0.418 e. The molecule has 0 radical (unpaired) electrons. The van der Waals surface area contributed by atoms with Crippen LogP contribution in [0.15, 0.2) is 18.2 Å². The summed E-state index contributed by atoms with van der Waals surface area (Å²) < 4.78 is 38.3. The van der Waals surface area contributed by atoms with E-state index in [1.807, 2.05) is 13.8 Å². The van der Waals surface area contributed by atoms with Crippen LogP contribution in [0.3, 0.4) is 0 Å². The number of amides is 1. The Labute approximate surface area is 116 Å². The molecule has 1 rings (SSSR count). The Hall–Kier alpha value is -1.72. The van der Waals surface area contributed by atoms with E-state index in [0.29, 0.717) is 13.1 Å². The average Bonchev–Trinajstić information content (AvgIpc) is 2.33. The van der Waals surface area contributed by atoms with Crippen molar-refractivity contribution in [1.82, 2.24) is 4.90 Å². The van der Waals surface area contributed by atoms with Gasteiger partial charge in [0.25, 0.3) is 5.91 Å². The monoisotopic (exact) mass is 288 g/mol. The number of rotatable bonds is 4. The molecule has 0 spiro atoms. The van der Waals surface area contributed by atoms with E-state index in [4.69, 9.17) is 5.73 Å². The fraction of sp³-hybridized carbons (Fsp3) is 0.500. The first-order chi connectivity index (χ1) is 9.18. The van der Waals surface area contributed by atoms with Crippen LogP contribution in [0.5, 0.6) is 0 Å². The molecule has 0 bridgehead atoms. The van der Waals surface area contributed by atoms with Gasteiger partial charge in [0.2, 0.25) is 0 Å². The maximum absolute atomic E-state index is 12.8. The number of anilines is 1. The summed E-state index contributed by atoms with van der Waals surface area (Å²) in [5.41, 5.74) is 3.96. The van der Waals surface area contributed by atoms with Crippen LogP contribution in [-0.2, 0) is 6.18 Å². The Bertz CT molecular complexity index is 484. The smallest absolute Gasteiger partial charge is 0.398 e. The predicted octanol–water partition coefficient (Wildman–Crippen LogP) is 3.41. The molecular formula is C14H19F3N2O. The van der Waals surface area contributed by atoms with Gasteiger partial charge in [0, 0.05) is 13.1 Å². The number of nitrogens with two attached hydrogens (primary N) is 1. The molecule has 1 amide bonds. The van der Waals surface area contributed by atoms with Gasteiger partial charge >= 0.3 is 6.18 Å². The van der Waals surface area contributed by atoms with Gasteiger partial charge in [-0.1, -0.05) is 19.9 Å². The van der Waals surface area contributed by atoms with Crippen molar-refractivity contribution in [3.63, 3.8) is 0 Å². The Morgan fingerprint density at radius 3 is 2.40 bits per heavy atom. The van der Waals surface area contributed by atoms with E-state index >= 15 is 0 Å². The van der Waals surface area contributed by atoms with Crippen LogP contribution in [0, 0.1) is 5.92 Å². The van der Waals surface area contributed by atoms with Crippen LogP contribution in [-0.4, -0.2) is 23.9 Å². The summed E-state index contributed by atoms with van der Waals surface area (Å²) in [6.07, 6.45) is -4.56. The van der Waals surface area contributed by atoms with Gasteiger partial charge in [-0.2, -0.15) is 13.2 Å². The van der Waals surface area contributed by atoms with E-state index in [1.54, 1.807) is 6.92 Å². The highest BCUT2D eigenvalue weighted by molar-refractivity contribution is 5.99. The largest absolute Gasteiger partial charge is 0.418 e. The Kier molecular flexibility index (Phi) is 5.03. The lowest BCUT2D eigenvalue weighted by atomic mass is 10.1. The topological polar surface area (TPSA) is 46.3 Å². The van der Waals surface area contributed by atoms with Crippen molar-refractivity contribution in [3.8, 4) is 0 Å². The lowest BCUT2D eigenvalue weighted by molar-refractivity contribution is -0.136. The second-order valence-electron chi connectivity index (χ2n) is 5.00. The molecule has 0 unspecified atom stereocenters. The number of hydrogen-bond acceptors (Lipinski definition) is 2. The number of carbonyl (C=O) groups is 1. The molecule has 0 aliphatic rings. The van der Waals surface area contributed by atoms with Crippen LogP contribution in [0.25, 0.3) is 0 Å². The molecule has 0 heterocycles. The normalized spacial score (nSPS) is 11.8. The zero-order valence-corrected chi connectivity index (χ0v) is 11.8. The number of carbonyl (C=O) groups excluding carboxylic acids is 1. The van der Waals surface area contributed by atoms with Gasteiger partial charge in [0.05, 0.1) is 16.8 Å². The highest BCUT2D eigenvalue weighted by Crippen LogP contribution is 2.35. The van der Waals surface area contributed by atoms with Crippen molar-refractivity contribution >= 4 is 11.6 Å². The molecule has 6 heteroatoms. The van der Waals surface area contributed by atoms with Gasteiger partial charge in [-0.25, -0.2) is 0 Å². The summed E-state index contributed by atoms with van der Waals surface area (Å²) in [5.74, 6) is -0.240. The summed E-state index contributed by atoms with van der Waals surface area (Å²) in [7, 11) is 0. The van der Waals surface area contributed by atoms with Crippen LogP contribution in [0.1, 0.15) is 36.7 Å². The number of nitrogens with zero attached hydrogens (tertiary/aromatic N) is 1. The molecule has 0 saturated heterocycles. The van der Waals surface area contributed by atoms with Gasteiger partial charge in [-0.15, -0.1) is 0 Å². The number of hydrogen-bond donors (Lipinski definition) is 1. The third kappa shape index (κ3) is 3.65. The minimum absolute atomic E-state index is 0.0951. The van der Waals surface area contributed by atoms with Gasteiger partial charge in [0.15, 0.2) is 0 Å². The quantitative estimate of drug-likeness (QED) is 0.863. The maximum atomic E-state index is 12.8. The van der Waals surface area contributed by atoms with E-state index in [1.165, 1.54) is 17.0 Å². The molecule has 0 aliphatic heterocycles. The molecular weight excluding hydrogens is 269 g/mol. The number of alkyl halides is 3. The second-order valence-corrected chi connectivity index (χ2v) is 5.00. The Morgan fingerprint density at radius 2 is 1.95 bits per heavy atom. The Morgan fingerprint density at radius 1 is 1.35 bits per heavy atom. The minimum Gasteiger partial charge on any atom is -0.398 e. The van der Waals surface area contributed by atoms with E-state index in [9.17, 15) is 18.0 Å². The standard InChI is InChI=1S/C14H19F3N2O/c1-4-19(8-9(2)3)13(20)10-6-5-7-11(12(10)18)14(15,16)17/h5-7,9H,4,8,18H2,1-3H3. The first-order valence-corrected chi connectivity index (χ1v) is 6.43. The van der Waals surface area contributed by atoms with E-state index in [-0.39, 0.29) is 11.5 Å². The highest BCUT2D eigenvalue weighted by atomic mass is 19.4. The molecule has 1 aromatic rings. The summed E-state index contributed by atoms with van der Waals surface area (Å²) in [6.45, 7) is 6.55. The van der Waals surface area contributed by atoms with Crippen LogP contribution < -0.4 is 5.73 Å². The summed E-state index contributed by atoms with van der Waals surface area (Å²) in [5, 5.41) is 0. The molecule has 0 aromatic heterocycles. The van der Waals surface area contributed by atoms with E-state index in [0.717, 1.165) is 6.07 Å². The summed E-state index contributed by atoms with van der Waals surface area (Å²) >= 11 is 0. The SMILES string of the molecule is CCN(CC(C)C)C(=O)c1cccc(C(F)(F)F)c1N. The van der Waals surface area contributed by atoms with Crippen molar-refractivity contribution in [2.75, 3.05) is 18.8 Å². The van der Waals surface area contributed by atoms with Crippen molar-refractivity contribution in [1.29, 1.82) is 0 Å². The van der Waals surface area contributed by atoms with Crippen LogP contribution in [0.2, 0.25) is 0 Å². The first kappa shape index (κ1) is 16.3. The zero-order chi connectivity index (χ0) is 15.5. The number of halogens is 3. The Balaban J connectivity index is 3.16. The second kappa shape index (κ2) is 6.15. The van der Waals surface area contributed by atoms with Crippen molar-refractivity contribution in [3.05, 3.63) is 29.3 Å². The summed E-state index contributed by atoms with van der Waals surface area (Å²) in [4.78, 5) is 13.8. The lowest BCUT2D eigenvalue weighted by Crippen LogP contribution is -2.34. The van der Waals surface area contributed by atoms with Gasteiger partial charge in [-0.05, 0) is 25.0 Å². The molecule has 1 aromatic carbocycles. The number of nitrogen functional groups attached to an aromatic ring is 1. The molecule has 20 heavy (non-hydrogen) atoms. The van der Waals surface area contributed by atoms with E-state index < -0.39 is 23.3 Å². The van der Waals surface area contributed by atoms with Crippen molar-refractivity contribution in [2.45, 2.75) is 26.9 Å². The predicted molar refractivity (Wildman–Crippen MR) is 72.3 cm³/mol. The van der Waals surface area contributed by atoms with E-state index in [2.05, 4.69) is 0 Å². The first-order valence-electron chi connectivity index (χ1n) is 6.43. The minimum atomic E-state index is -4.56. The molecule has 0 atom stereocenters. The fourth-order valence-electron chi connectivity index (χ4n) is 1.97. The number of para-hydroxylation sites is 1. The lowest BCUT2D eigenvalue weighted by Gasteiger charge is -2.24. The molecule has 0 aliphatic carbocycles. The molecule has 0 fully saturated rings. The molecule has 3 nitrogen and oxygen atoms in total. The van der Waals surface area contributed by atoms with Crippen LogP contribution in [0.4, 0.5) is 18.9 Å². The van der Waals surface area contributed by atoms with Crippen molar-refractivity contribution in [2.24, 2.45) is 5.92 Å². The molecule has 0 saturated carbocycles. The average molecular weight is 288 g/mol. The van der Waals surface area contributed by atoms with Gasteiger partial charge in [-0.3, -0.25) is 4.79 Å². The third-order valence-electron chi connectivity index (χ3n) is 2.90. The molecule has 2 N–H and O–H groups in total. The zero-order valence-electron chi connectivity index (χ0n) is 11.8. The molecule has 112 valence electrons. The summed E-state index contributed by atoms with van der Waals surface area (Å²) in [6, 6.07) is 3.41. The van der Waals surface area contributed by atoms with Gasteiger partial charge in [0.1, 0.15) is 0 Å². The third-order valence-corrected chi connectivity index (χ3v) is 2.90. The number of benzene rings is 1. The van der Waals surface area contributed by atoms with Crippen LogP contribution >= 0.6 is 0 Å². The van der Waals surface area contributed by atoms with Crippen molar-refractivity contribution < 1.29 is 18.0 Å². The highest BCUT2D eigenvalue weighted by Gasteiger charge is 2.34.